The van der Waals surface area contributed by atoms with E-state index >= 15 is 0 Å². The largest absolute Gasteiger partial charge is 0.289 e. The van der Waals surface area contributed by atoms with E-state index in [4.69, 9.17) is 12.2 Å². The lowest BCUT2D eigenvalue weighted by Gasteiger charge is -2.26. The summed E-state index contributed by atoms with van der Waals surface area (Å²) in [5.74, 6) is 1.41. The van der Waals surface area contributed by atoms with Crippen molar-refractivity contribution in [1.82, 2.24) is 4.90 Å². The summed E-state index contributed by atoms with van der Waals surface area (Å²) in [6, 6.07) is 2.10. The molecule has 1 saturated heterocycles. The highest BCUT2D eigenvalue weighted by Crippen LogP contribution is 2.30. The number of carbonyl (C=O) groups excluding carboxylic acids is 1. The molecule has 0 spiro atoms. The molecule has 1 unspecified atom stereocenters. The third kappa shape index (κ3) is 2.17. The fraction of sp³-hybridized carbons (Fsp3) is 0.455. The Bertz CT molecular complexity index is 399. The first kappa shape index (κ1) is 12.1. The van der Waals surface area contributed by atoms with Crippen molar-refractivity contribution in [3.63, 3.8) is 0 Å². The number of hydrogen-bond donors (Lipinski definition) is 0. The summed E-state index contributed by atoms with van der Waals surface area (Å²) < 4.78 is 0.718. The molecule has 86 valence electrons. The molecule has 2 heterocycles. The van der Waals surface area contributed by atoms with E-state index in [2.05, 4.69) is 13.8 Å². The van der Waals surface area contributed by atoms with Crippen LogP contribution in [0.15, 0.2) is 16.8 Å². The van der Waals surface area contributed by atoms with Gasteiger partial charge in [-0.05, 0) is 17.4 Å². The van der Waals surface area contributed by atoms with Gasteiger partial charge >= 0.3 is 0 Å². The van der Waals surface area contributed by atoms with Crippen molar-refractivity contribution in [2.24, 2.45) is 5.92 Å². The minimum absolute atomic E-state index is 0.0509. The molecule has 1 aliphatic rings. The van der Waals surface area contributed by atoms with E-state index in [1.165, 1.54) is 11.3 Å². The van der Waals surface area contributed by atoms with Gasteiger partial charge in [-0.3, -0.25) is 9.69 Å². The highest BCUT2D eigenvalue weighted by molar-refractivity contribution is 8.23. The normalized spacial score (nSPS) is 20.8. The maximum Gasteiger partial charge on any atom is 0.260 e. The second kappa shape index (κ2) is 4.85. The van der Waals surface area contributed by atoms with Gasteiger partial charge in [-0.15, -0.1) is 0 Å². The summed E-state index contributed by atoms with van der Waals surface area (Å²) in [6.07, 6.45) is 0. The van der Waals surface area contributed by atoms with Gasteiger partial charge in [0.05, 0.1) is 11.6 Å². The van der Waals surface area contributed by atoms with Gasteiger partial charge < -0.3 is 0 Å². The van der Waals surface area contributed by atoms with Crippen LogP contribution in [0.5, 0.6) is 0 Å². The van der Waals surface area contributed by atoms with Crippen LogP contribution in [-0.4, -0.2) is 26.9 Å². The van der Waals surface area contributed by atoms with Crippen molar-refractivity contribution < 1.29 is 4.79 Å². The standard InChI is InChI=1S/C11H13NOS3/c1-7(2)9-6-16-11(14)12(9)10(13)8-3-4-15-5-8/h3-5,7,9H,6H2,1-2H3. The van der Waals surface area contributed by atoms with Gasteiger partial charge in [0, 0.05) is 11.1 Å². The van der Waals surface area contributed by atoms with Gasteiger partial charge in [-0.2, -0.15) is 11.3 Å². The molecule has 1 aromatic rings. The lowest BCUT2D eigenvalue weighted by Crippen LogP contribution is -2.41. The number of thiophene rings is 1. The highest BCUT2D eigenvalue weighted by Gasteiger charge is 2.36. The molecule has 0 bridgehead atoms. The van der Waals surface area contributed by atoms with Crippen LogP contribution in [-0.2, 0) is 0 Å². The monoisotopic (exact) mass is 271 g/mol. The van der Waals surface area contributed by atoms with E-state index in [-0.39, 0.29) is 11.9 Å². The van der Waals surface area contributed by atoms with Crippen LogP contribution in [0.3, 0.4) is 0 Å². The second-order valence-corrected chi connectivity index (χ2v) is 6.51. The van der Waals surface area contributed by atoms with E-state index in [9.17, 15) is 4.79 Å². The smallest absolute Gasteiger partial charge is 0.260 e. The Morgan fingerprint density at radius 2 is 2.38 bits per heavy atom. The molecular weight excluding hydrogens is 258 g/mol. The van der Waals surface area contributed by atoms with Gasteiger partial charge in [-0.1, -0.05) is 37.8 Å². The molecule has 1 aliphatic heterocycles. The third-order valence-corrected chi connectivity index (χ3v) is 4.85. The van der Waals surface area contributed by atoms with Gasteiger partial charge in [0.15, 0.2) is 0 Å². The average Bonchev–Trinajstić information content (AvgIpc) is 2.84. The SMILES string of the molecule is CC(C)C1CSC(=S)N1C(=O)c1ccsc1. The van der Waals surface area contributed by atoms with Gasteiger partial charge in [0.2, 0.25) is 0 Å². The lowest BCUT2D eigenvalue weighted by molar-refractivity contribution is 0.0801. The molecule has 1 amide bonds. The minimum Gasteiger partial charge on any atom is -0.289 e. The lowest BCUT2D eigenvalue weighted by atomic mass is 10.0. The molecule has 2 rings (SSSR count). The molecule has 1 atom stereocenters. The number of rotatable bonds is 2. The number of amides is 1. The van der Waals surface area contributed by atoms with Crippen LogP contribution in [0.1, 0.15) is 24.2 Å². The summed E-state index contributed by atoms with van der Waals surface area (Å²) in [6.45, 7) is 4.26. The van der Waals surface area contributed by atoms with Crippen molar-refractivity contribution in [3.05, 3.63) is 22.4 Å². The predicted octanol–water partition coefficient (Wildman–Crippen LogP) is 3.25. The van der Waals surface area contributed by atoms with E-state index in [1.54, 1.807) is 16.7 Å². The minimum atomic E-state index is 0.0509. The zero-order chi connectivity index (χ0) is 11.7. The van der Waals surface area contributed by atoms with Gasteiger partial charge in [-0.25, -0.2) is 0 Å². The van der Waals surface area contributed by atoms with Crippen molar-refractivity contribution in [2.75, 3.05) is 5.75 Å². The first-order valence-electron chi connectivity index (χ1n) is 5.13. The molecular formula is C11H13NOS3. The third-order valence-electron chi connectivity index (χ3n) is 2.66. The van der Waals surface area contributed by atoms with Crippen LogP contribution >= 0.6 is 35.3 Å². The first-order valence-corrected chi connectivity index (χ1v) is 7.47. The maximum absolute atomic E-state index is 12.3. The van der Waals surface area contributed by atoms with E-state index in [0.29, 0.717) is 5.92 Å². The molecule has 2 nitrogen and oxygen atoms in total. The summed E-state index contributed by atoms with van der Waals surface area (Å²) in [4.78, 5) is 14.0. The van der Waals surface area contributed by atoms with Crippen LogP contribution in [0, 0.1) is 5.92 Å². The molecule has 1 fully saturated rings. The Kier molecular flexibility index (Phi) is 3.66. The molecule has 0 radical (unpaired) electrons. The van der Waals surface area contributed by atoms with Gasteiger partial charge in [0.25, 0.3) is 5.91 Å². The number of carbonyl (C=O) groups is 1. The van der Waals surface area contributed by atoms with Crippen LogP contribution in [0.25, 0.3) is 0 Å². The van der Waals surface area contributed by atoms with Crippen molar-refractivity contribution in [3.8, 4) is 0 Å². The summed E-state index contributed by atoms with van der Waals surface area (Å²) in [5, 5.41) is 3.80. The van der Waals surface area contributed by atoms with Crippen LogP contribution in [0.4, 0.5) is 0 Å². The number of thiocarbonyl (C=S) groups is 1. The number of hydrogen-bond acceptors (Lipinski definition) is 4. The fourth-order valence-corrected chi connectivity index (χ4v) is 3.94. The number of thioether (sulfide) groups is 1. The highest BCUT2D eigenvalue weighted by atomic mass is 32.2. The summed E-state index contributed by atoms with van der Waals surface area (Å²) >= 11 is 8.41. The predicted molar refractivity (Wildman–Crippen MR) is 74.2 cm³/mol. The zero-order valence-electron chi connectivity index (χ0n) is 9.17. The molecule has 5 heteroatoms. The Hall–Kier alpha value is -0.390. The summed E-state index contributed by atoms with van der Waals surface area (Å²) in [7, 11) is 0. The Morgan fingerprint density at radius 1 is 1.62 bits per heavy atom. The second-order valence-electron chi connectivity index (χ2n) is 4.08. The quantitative estimate of drug-likeness (QED) is 0.770. The molecule has 16 heavy (non-hydrogen) atoms. The van der Waals surface area contributed by atoms with Gasteiger partial charge in [0.1, 0.15) is 4.32 Å². The first-order chi connectivity index (χ1) is 7.61. The molecule has 0 N–H and O–H groups in total. The Morgan fingerprint density at radius 3 is 2.94 bits per heavy atom. The van der Waals surface area contributed by atoms with E-state index < -0.39 is 0 Å². The van der Waals surface area contributed by atoms with Crippen molar-refractivity contribution in [2.45, 2.75) is 19.9 Å². The topological polar surface area (TPSA) is 20.3 Å². The molecule has 0 saturated carbocycles. The fourth-order valence-electron chi connectivity index (χ4n) is 1.69. The molecule has 1 aromatic heterocycles. The Labute approximate surface area is 109 Å². The van der Waals surface area contributed by atoms with Crippen LogP contribution < -0.4 is 0 Å². The Balaban J connectivity index is 2.24. The molecule has 0 aromatic carbocycles. The van der Waals surface area contributed by atoms with Crippen LogP contribution in [0.2, 0.25) is 0 Å². The van der Waals surface area contributed by atoms with Crippen molar-refractivity contribution in [1.29, 1.82) is 0 Å². The van der Waals surface area contributed by atoms with E-state index in [1.807, 2.05) is 16.8 Å². The summed E-state index contributed by atoms with van der Waals surface area (Å²) in [5.41, 5.74) is 0.750. The maximum atomic E-state index is 12.3. The van der Waals surface area contributed by atoms with E-state index in [0.717, 1.165) is 15.6 Å². The molecule has 0 aliphatic carbocycles. The zero-order valence-corrected chi connectivity index (χ0v) is 11.6. The number of nitrogens with zero attached hydrogens (tertiary/aromatic N) is 1. The average molecular weight is 271 g/mol. The van der Waals surface area contributed by atoms with Crippen molar-refractivity contribution >= 4 is 45.5 Å².